The summed E-state index contributed by atoms with van der Waals surface area (Å²) in [5.41, 5.74) is -1.61. The van der Waals surface area contributed by atoms with Gasteiger partial charge in [-0.05, 0) is 47.5 Å². The number of nitrogens with zero attached hydrogens (tertiary/aromatic N) is 5. The van der Waals surface area contributed by atoms with Gasteiger partial charge in [-0.3, -0.25) is 24.2 Å². The zero-order valence-corrected chi connectivity index (χ0v) is 30.6. The number of alkyl halides is 3. The first kappa shape index (κ1) is 39.1. The van der Waals surface area contributed by atoms with Gasteiger partial charge in [0.25, 0.3) is 5.91 Å². The van der Waals surface area contributed by atoms with Crippen molar-refractivity contribution in [3.8, 4) is 5.75 Å². The van der Waals surface area contributed by atoms with Crippen molar-refractivity contribution in [2.45, 2.75) is 37.6 Å². The van der Waals surface area contributed by atoms with Gasteiger partial charge in [0.1, 0.15) is 11.3 Å². The Kier molecular flexibility index (Phi) is 11.0. The van der Waals surface area contributed by atoms with E-state index in [1.54, 1.807) is 13.8 Å². The third kappa shape index (κ3) is 7.93. The van der Waals surface area contributed by atoms with Crippen molar-refractivity contribution in [1.82, 2.24) is 23.9 Å². The molecule has 1 aromatic carbocycles. The number of carbonyl (C=O) groups is 2. The number of imide groups is 1. The van der Waals surface area contributed by atoms with Crippen molar-refractivity contribution in [3.63, 3.8) is 0 Å². The van der Waals surface area contributed by atoms with Crippen molar-refractivity contribution in [1.29, 1.82) is 0 Å². The molecule has 2 atom stereocenters. The van der Waals surface area contributed by atoms with E-state index in [1.807, 2.05) is 0 Å². The molecule has 17 nitrogen and oxygen atoms in total. The minimum absolute atomic E-state index is 0.000176. The number of carbonyl (C=O) groups excluding carboxylic acids is 2. The SMILES string of the molecule is CC(c1ccncc1NS(=O)(=O)N1CCOCC1)C1(C(C)c2ccncc2NS(=O)(=O)N2CCOCC2)NC(=O)N(c2ccc(OC(F)(F)F)cc2)C1=O. The standard InChI is InChI=1S/C32H37F3N8O9S2/c1-21(25-7-9-36-19-27(25)39-53(46,47)41-11-15-50-16-12-41)31(29(44)43(30(45)38-31)23-3-5-24(6-4-23)52-32(33,34)35)22(2)26-8-10-37-20-28(26)40-54(48,49)42-13-17-51-18-14-42/h3-10,19-22,39-40H,11-18H2,1-2H3,(H,38,45). The number of amides is 3. The van der Waals surface area contributed by atoms with Crippen molar-refractivity contribution in [2.24, 2.45) is 0 Å². The summed E-state index contributed by atoms with van der Waals surface area (Å²) in [6, 6.07) is 6.11. The molecule has 0 saturated carbocycles. The highest BCUT2D eigenvalue weighted by Gasteiger charge is 2.59. The van der Waals surface area contributed by atoms with Gasteiger partial charge in [0, 0.05) is 50.4 Å². The van der Waals surface area contributed by atoms with Crippen LogP contribution in [0.5, 0.6) is 5.75 Å². The van der Waals surface area contributed by atoms with Crippen LogP contribution in [0.3, 0.4) is 0 Å². The molecular weight excluding hydrogens is 762 g/mol. The monoisotopic (exact) mass is 798 g/mol. The van der Waals surface area contributed by atoms with Crippen molar-refractivity contribution >= 4 is 49.4 Å². The Morgan fingerprint density at radius 2 is 1.22 bits per heavy atom. The molecule has 3 aliphatic rings. The Bertz CT molecular complexity index is 1980. The van der Waals surface area contributed by atoms with Crippen LogP contribution >= 0.6 is 0 Å². The first-order valence-corrected chi connectivity index (χ1v) is 19.5. The maximum Gasteiger partial charge on any atom is 0.573 e. The van der Waals surface area contributed by atoms with E-state index in [0.717, 1.165) is 29.2 Å². The predicted octanol–water partition coefficient (Wildman–Crippen LogP) is 2.76. The zero-order chi connectivity index (χ0) is 38.9. The lowest BCUT2D eigenvalue weighted by Gasteiger charge is -2.40. The van der Waals surface area contributed by atoms with Crippen molar-refractivity contribution in [3.05, 3.63) is 72.3 Å². The van der Waals surface area contributed by atoms with Crippen LogP contribution in [0.15, 0.2) is 61.2 Å². The van der Waals surface area contributed by atoms with Gasteiger partial charge in [0.05, 0.1) is 55.9 Å². The molecule has 3 fully saturated rings. The predicted molar refractivity (Wildman–Crippen MR) is 187 cm³/mol. The summed E-state index contributed by atoms with van der Waals surface area (Å²) in [5.74, 6) is -3.61. The number of hydrogen-bond acceptors (Lipinski definition) is 11. The summed E-state index contributed by atoms with van der Waals surface area (Å²) in [7, 11) is -8.30. The molecule has 3 saturated heterocycles. The first-order valence-electron chi connectivity index (χ1n) is 16.6. The van der Waals surface area contributed by atoms with Gasteiger partial charge < -0.3 is 19.5 Å². The number of nitrogens with one attached hydrogen (secondary N) is 3. The minimum Gasteiger partial charge on any atom is -0.406 e. The maximum atomic E-state index is 14.9. The second-order valence-corrected chi connectivity index (χ2v) is 15.9. The minimum atomic E-state index is -4.99. The van der Waals surface area contributed by atoms with Gasteiger partial charge in [0.2, 0.25) is 0 Å². The first-order chi connectivity index (χ1) is 25.5. The second kappa shape index (κ2) is 15.3. The topological polar surface area (TPSA) is 202 Å². The summed E-state index contributed by atoms with van der Waals surface area (Å²) in [4.78, 5) is 37.8. The average molecular weight is 799 g/mol. The molecule has 5 heterocycles. The van der Waals surface area contributed by atoms with Crippen LogP contribution in [0.4, 0.5) is 35.0 Å². The highest BCUT2D eigenvalue weighted by molar-refractivity contribution is 7.90. The summed E-state index contributed by atoms with van der Waals surface area (Å²) in [5, 5.41) is 2.80. The quantitative estimate of drug-likeness (QED) is 0.228. The van der Waals surface area contributed by atoms with E-state index in [0.29, 0.717) is 0 Å². The van der Waals surface area contributed by atoms with Gasteiger partial charge in [-0.25, -0.2) is 9.69 Å². The fraction of sp³-hybridized carbons (Fsp3) is 0.438. The van der Waals surface area contributed by atoms with Gasteiger partial charge in [-0.1, -0.05) is 13.8 Å². The summed E-state index contributed by atoms with van der Waals surface area (Å²) >= 11 is 0. The molecule has 0 spiro atoms. The van der Waals surface area contributed by atoms with E-state index < -0.39 is 61.8 Å². The van der Waals surface area contributed by atoms with Crippen LogP contribution in [0.25, 0.3) is 0 Å². The van der Waals surface area contributed by atoms with Gasteiger partial charge in [0.15, 0.2) is 0 Å². The van der Waals surface area contributed by atoms with Crippen LogP contribution in [0.2, 0.25) is 0 Å². The molecule has 3 aromatic rings. The number of rotatable bonds is 12. The van der Waals surface area contributed by atoms with Crippen LogP contribution in [0.1, 0.15) is 36.8 Å². The third-order valence-electron chi connectivity index (χ3n) is 9.51. The molecule has 54 heavy (non-hydrogen) atoms. The molecule has 22 heteroatoms. The van der Waals surface area contributed by atoms with E-state index in [9.17, 15) is 39.6 Å². The second-order valence-electron chi connectivity index (χ2n) is 12.6. The number of urea groups is 1. The van der Waals surface area contributed by atoms with Crippen molar-refractivity contribution in [2.75, 3.05) is 67.0 Å². The number of ether oxygens (including phenoxy) is 3. The number of aromatic nitrogens is 2. The van der Waals surface area contributed by atoms with E-state index >= 15 is 0 Å². The number of morpholine rings is 2. The Labute approximate surface area is 309 Å². The molecular formula is C32H37F3N8O9S2. The van der Waals surface area contributed by atoms with E-state index in [-0.39, 0.29) is 80.8 Å². The molecule has 2 unspecified atom stereocenters. The molecule has 0 bridgehead atoms. The number of hydrogen-bond donors (Lipinski definition) is 3. The molecule has 292 valence electrons. The lowest BCUT2D eigenvalue weighted by atomic mass is 9.69. The Balaban J connectivity index is 1.44. The fourth-order valence-electron chi connectivity index (χ4n) is 6.76. The smallest absolute Gasteiger partial charge is 0.406 e. The van der Waals surface area contributed by atoms with Crippen molar-refractivity contribution < 1.29 is 53.8 Å². The molecule has 0 aliphatic carbocycles. The summed E-state index contributed by atoms with van der Waals surface area (Å²) in [6.45, 7) is 4.24. The molecule has 3 aliphatic heterocycles. The number of benzene rings is 1. The Morgan fingerprint density at radius 1 is 0.778 bits per heavy atom. The van der Waals surface area contributed by atoms with Crippen LogP contribution in [0, 0.1) is 0 Å². The Morgan fingerprint density at radius 3 is 1.65 bits per heavy atom. The van der Waals surface area contributed by atoms with Gasteiger partial charge >= 0.3 is 32.8 Å². The summed E-state index contributed by atoms with van der Waals surface area (Å²) in [6.07, 6.45) is 0.288. The highest BCUT2D eigenvalue weighted by Crippen LogP contribution is 2.48. The largest absolute Gasteiger partial charge is 0.573 e. The summed E-state index contributed by atoms with van der Waals surface area (Å²) < 4.78 is 115. The van der Waals surface area contributed by atoms with E-state index in [4.69, 9.17) is 9.47 Å². The number of anilines is 3. The van der Waals surface area contributed by atoms with Crippen LogP contribution in [-0.4, -0.2) is 112 Å². The average Bonchev–Trinajstić information content (AvgIpc) is 3.41. The molecule has 3 amide bonds. The van der Waals surface area contributed by atoms with Crippen LogP contribution < -0.4 is 24.4 Å². The lowest BCUT2D eigenvalue weighted by Crippen LogP contribution is -2.55. The van der Waals surface area contributed by atoms with E-state index in [1.165, 1.54) is 45.5 Å². The highest BCUT2D eigenvalue weighted by atomic mass is 32.2. The van der Waals surface area contributed by atoms with Gasteiger partial charge in [-0.2, -0.15) is 25.4 Å². The number of pyridine rings is 2. The fourth-order valence-corrected chi connectivity index (χ4v) is 9.18. The van der Waals surface area contributed by atoms with E-state index in [2.05, 4.69) is 29.5 Å². The van der Waals surface area contributed by atoms with Crippen LogP contribution in [-0.2, 0) is 34.7 Å². The zero-order valence-electron chi connectivity index (χ0n) is 28.9. The molecule has 2 aromatic heterocycles. The lowest BCUT2D eigenvalue weighted by molar-refractivity contribution is -0.274. The maximum absolute atomic E-state index is 14.9. The van der Waals surface area contributed by atoms with Gasteiger partial charge in [-0.15, -0.1) is 13.2 Å². The third-order valence-corrected chi connectivity index (χ3v) is 12.6. The molecule has 3 N–H and O–H groups in total. The molecule has 0 radical (unpaired) electrons. The number of halogens is 3. The normalized spacial score (nSPS) is 21.7. The Hall–Kier alpha value is -4.61. The molecule has 6 rings (SSSR count).